The van der Waals surface area contributed by atoms with Crippen molar-refractivity contribution in [2.45, 2.75) is 77.9 Å². The van der Waals surface area contributed by atoms with Crippen molar-refractivity contribution < 1.29 is 9.59 Å². The van der Waals surface area contributed by atoms with Crippen molar-refractivity contribution in [2.75, 3.05) is 5.32 Å². The lowest BCUT2D eigenvalue weighted by atomic mass is 10.1. The van der Waals surface area contributed by atoms with Gasteiger partial charge in [-0.15, -0.1) is 0 Å². The van der Waals surface area contributed by atoms with Crippen LogP contribution in [0.4, 0.5) is 5.69 Å². The van der Waals surface area contributed by atoms with Crippen LogP contribution in [0.1, 0.15) is 56.1 Å². The summed E-state index contributed by atoms with van der Waals surface area (Å²) in [7, 11) is 0. The van der Waals surface area contributed by atoms with Crippen molar-refractivity contribution in [3.05, 3.63) is 74.4 Å². The van der Waals surface area contributed by atoms with E-state index in [0.29, 0.717) is 35.9 Å². The Morgan fingerprint density at radius 1 is 0.917 bits per heavy atom. The zero-order chi connectivity index (χ0) is 25.7. The molecule has 0 saturated heterocycles. The summed E-state index contributed by atoms with van der Waals surface area (Å²) in [6, 6.07) is 12.8. The number of fused-ring (bicyclic) bond motifs is 1. The van der Waals surface area contributed by atoms with Crippen LogP contribution in [0.3, 0.4) is 0 Å². The Kier molecular flexibility index (Phi) is 8.03. The average molecular weight is 491 g/mol. The highest BCUT2D eigenvalue weighted by Gasteiger charge is 2.18. The highest BCUT2D eigenvalue weighted by atomic mass is 16.2. The summed E-state index contributed by atoms with van der Waals surface area (Å²) >= 11 is 0. The summed E-state index contributed by atoms with van der Waals surface area (Å²) in [6.45, 7) is 3.95. The Morgan fingerprint density at radius 3 is 2.42 bits per heavy atom. The van der Waals surface area contributed by atoms with E-state index >= 15 is 0 Å². The number of unbranched alkanes of at least 4 members (excludes halogenated alkanes) is 1. The van der Waals surface area contributed by atoms with Gasteiger partial charge < -0.3 is 10.6 Å². The zero-order valence-corrected chi connectivity index (χ0v) is 21.0. The third kappa shape index (κ3) is 5.93. The standard InChI is InChI=1S/C28H34N4O4/c1-19-14-15-22(17-20(19)2)30-26(34)18-32-24-12-6-5-11-23(24)27(35)31(28(32)36)16-8-7-13-25(33)29-21-9-3-4-10-21/h5-6,11-12,14-15,17,21H,3-4,7-10,13,16,18H2,1-2H3,(H,29,33)(H,30,34). The van der Waals surface area contributed by atoms with Crippen LogP contribution < -0.4 is 21.9 Å². The Bertz CT molecular complexity index is 1380. The first-order valence-electron chi connectivity index (χ1n) is 12.7. The van der Waals surface area contributed by atoms with E-state index in [0.717, 1.165) is 36.8 Å². The molecule has 1 aliphatic rings. The molecule has 0 radical (unpaired) electrons. The molecule has 1 heterocycles. The summed E-state index contributed by atoms with van der Waals surface area (Å²) in [5, 5.41) is 6.30. The molecule has 4 rings (SSSR count). The number of aromatic nitrogens is 2. The zero-order valence-electron chi connectivity index (χ0n) is 21.0. The molecule has 0 spiro atoms. The first kappa shape index (κ1) is 25.4. The number of rotatable bonds is 9. The van der Waals surface area contributed by atoms with Crippen LogP contribution in [0.5, 0.6) is 0 Å². The summed E-state index contributed by atoms with van der Waals surface area (Å²) in [5.41, 5.74) is 2.36. The third-order valence-corrected chi connectivity index (χ3v) is 6.98. The van der Waals surface area contributed by atoms with Gasteiger partial charge in [0.1, 0.15) is 6.54 Å². The Morgan fingerprint density at radius 2 is 1.67 bits per heavy atom. The van der Waals surface area contributed by atoms with E-state index in [1.165, 1.54) is 9.13 Å². The number of amides is 2. The van der Waals surface area contributed by atoms with E-state index in [1.54, 1.807) is 24.3 Å². The molecule has 0 aliphatic heterocycles. The fourth-order valence-corrected chi connectivity index (χ4v) is 4.81. The topological polar surface area (TPSA) is 102 Å². The molecule has 0 bridgehead atoms. The van der Waals surface area contributed by atoms with Gasteiger partial charge in [0.15, 0.2) is 0 Å². The van der Waals surface area contributed by atoms with Crippen LogP contribution in [0, 0.1) is 13.8 Å². The number of aryl methyl sites for hydroxylation is 2. The van der Waals surface area contributed by atoms with Crippen molar-refractivity contribution in [1.82, 2.24) is 14.5 Å². The molecule has 0 atom stereocenters. The number of anilines is 1. The molecule has 3 aromatic rings. The Hall–Kier alpha value is -3.68. The summed E-state index contributed by atoms with van der Waals surface area (Å²) in [4.78, 5) is 51.4. The van der Waals surface area contributed by atoms with Gasteiger partial charge in [-0.1, -0.05) is 31.0 Å². The molecule has 2 aromatic carbocycles. The maximum absolute atomic E-state index is 13.3. The van der Waals surface area contributed by atoms with Crippen LogP contribution in [0.25, 0.3) is 10.9 Å². The van der Waals surface area contributed by atoms with Gasteiger partial charge in [0, 0.05) is 24.7 Å². The van der Waals surface area contributed by atoms with E-state index in [-0.39, 0.29) is 36.5 Å². The number of hydrogen-bond donors (Lipinski definition) is 2. The second kappa shape index (κ2) is 11.4. The summed E-state index contributed by atoms with van der Waals surface area (Å²) in [5.74, 6) is -0.326. The van der Waals surface area contributed by atoms with Gasteiger partial charge >= 0.3 is 5.69 Å². The Balaban J connectivity index is 1.48. The molecule has 1 aromatic heterocycles. The van der Waals surface area contributed by atoms with Gasteiger partial charge in [0.25, 0.3) is 5.56 Å². The molecular weight excluding hydrogens is 456 g/mol. The summed E-state index contributed by atoms with van der Waals surface area (Å²) in [6.07, 6.45) is 5.84. The van der Waals surface area contributed by atoms with E-state index in [4.69, 9.17) is 0 Å². The Labute approximate surface area is 210 Å². The van der Waals surface area contributed by atoms with Crippen molar-refractivity contribution >= 4 is 28.4 Å². The minimum absolute atomic E-state index is 0.0215. The van der Waals surface area contributed by atoms with Crippen LogP contribution in [0.15, 0.2) is 52.1 Å². The van der Waals surface area contributed by atoms with Gasteiger partial charge in [-0.2, -0.15) is 0 Å². The van der Waals surface area contributed by atoms with E-state index in [9.17, 15) is 19.2 Å². The van der Waals surface area contributed by atoms with Gasteiger partial charge in [0.05, 0.1) is 10.9 Å². The van der Waals surface area contributed by atoms with Crippen molar-refractivity contribution in [1.29, 1.82) is 0 Å². The second-order valence-electron chi connectivity index (χ2n) is 9.70. The smallest absolute Gasteiger partial charge is 0.331 e. The van der Waals surface area contributed by atoms with Crippen LogP contribution in [-0.2, 0) is 22.7 Å². The van der Waals surface area contributed by atoms with Crippen LogP contribution in [-0.4, -0.2) is 27.0 Å². The maximum atomic E-state index is 13.3. The van der Waals surface area contributed by atoms with Gasteiger partial charge in [-0.05, 0) is 74.9 Å². The minimum atomic E-state index is -0.524. The molecule has 2 amide bonds. The molecule has 1 saturated carbocycles. The van der Waals surface area contributed by atoms with Gasteiger partial charge in [-0.25, -0.2) is 4.79 Å². The van der Waals surface area contributed by atoms with Crippen LogP contribution in [0.2, 0.25) is 0 Å². The lowest BCUT2D eigenvalue weighted by Gasteiger charge is -2.15. The molecule has 190 valence electrons. The molecule has 8 nitrogen and oxygen atoms in total. The van der Waals surface area contributed by atoms with Crippen molar-refractivity contribution in [3.63, 3.8) is 0 Å². The molecule has 2 N–H and O–H groups in total. The van der Waals surface area contributed by atoms with Gasteiger partial charge in [0.2, 0.25) is 11.8 Å². The summed E-state index contributed by atoms with van der Waals surface area (Å²) < 4.78 is 2.53. The molecular formula is C28H34N4O4. The number of carbonyl (C=O) groups is 2. The fourth-order valence-electron chi connectivity index (χ4n) is 4.81. The van der Waals surface area contributed by atoms with E-state index in [2.05, 4.69) is 10.6 Å². The third-order valence-electron chi connectivity index (χ3n) is 6.98. The van der Waals surface area contributed by atoms with Gasteiger partial charge in [-0.3, -0.25) is 23.5 Å². The number of benzene rings is 2. The lowest BCUT2D eigenvalue weighted by Crippen LogP contribution is -2.41. The molecule has 8 heteroatoms. The quantitative estimate of drug-likeness (QED) is 0.447. The predicted molar refractivity (Wildman–Crippen MR) is 141 cm³/mol. The molecule has 36 heavy (non-hydrogen) atoms. The SMILES string of the molecule is Cc1ccc(NC(=O)Cn2c(=O)n(CCCCC(=O)NC3CCCC3)c(=O)c3ccccc32)cc1C. The first-order valence-corrected chi connectivity index (χ1v) is 12.7. The highest BCUT2D eigenvalue weighted by Crippen LogP contribution is 2.18. The maximum Gasteiger partial charge on any atom is 0.331 e. The normalized spacial score (nSPS) is 13.7. The predicted octanol–water partition coefficient (Wildman–Crippen LogP) is 3.65. The molecule has 0 unspecified atom stereocenters. The first-order chi connectivity index (χ1) is 17.3. The number of hydrogen-bond acceptors (Lipinski definition) is 4. The second-order valence-corrected chi connectivity index (χ2v) is 9.70. The van der Waals surface area contributed by atoms with Crippen LogP contribution >= 0.6 is 0 Å². The number of nitrogens with one attached hydrogen (secondary N) is 2. The van der Waals surface area contributed by atoms with Crippen molar-refractivity contribution in [3.8, 4) is 0 Å². The number of para-hydroxylation sites is 1. The van der Waals surface area contributed by atoms with E-state index in [1.807, 2.05) is 32.0 Å². The number of nitrogens with zero attached hydrogens (tertiary/aromatic N) is 2. The highest BCUT2D eigenvalue weighted by molar-refractivity contribution is 5.91. The van der Waals surface area contributed by atoms with E-state index < -0.39 is 5.69 Å². The molecule has 1 fully saturated rings. The largest absolute Gasteiger partial charge is 0.353 e. The number of carbonyl (C=O) groups excluding carboxylic acids is 2. The monoisotopic (exact) mass is 490 g/mol. The fraction of sp³-hybridized carbons (Fsp3) is 0.429. The lowest BCUT2D eigenvalue weighted by molar-refractivity contribution is -0.122. The average Bonchev–Trinajstić information content (AvgIpc) is 3.36. The minimum Gasteiger partial charge on any atom is -0.353 e. The van der Waals surface area contributed by atoms with Crippen molar-refractivity contribution in [2.24, 2.45) is 0 Å². The molecule has 1 aliphatic carbocycles.